The highest BCUT2D eigenvalue weighted by atomic mass is 19.4. The Bertz CT molecular complexity index is 661. The minimum Gasteiger partial charge on any atom is -0.494 e. The third kappa shape index (κ3) is 6.46. The molecule has 0 bridgehead atoms. The standard InChI is InChI=1S/C19H18F3O2/c20-19(21,22)11-2-12-24-18-9-7-15(8-10-18)5-6-16-3-1-4-17(13-16)14-23/h1,3-10,13H,2,11-12,14H2. The van der Waals surface area contributed by atoms with Crippen LogP contribution in [0.15, 0.2) is 48.5 Å². The van der Waals surface area contributed by atoms with Gasteiger partial charge in [0.1, 0.15) is 12.4 Å². The molecular weight excluding hydrogens is 317 g/mol. The fraction of sp³-hybridized carbons (Fsp3) is 0.263. The van der Waals surface area contributed by atoms with Crippen LogP contribution < -0.4 is 4.74 Å². The van der Waals surface area contributed by atoms with Gasteiger partial charge >= 0.3 is 6.18 Å². The van der Waals surface area contributed by atoms with Gasteiger partial charge in [0.2, 0.25) is 0 Å². The zero-order valence-electron chi connectivity index (χ0n) is 13.1. The number of ether oxygens (including phenoxy) is 1. The van der Waals surface area contributed by atoms with E-state index in [0.717, 1.165) is 16.7 Å². The summed E-state index contributed by atoms with van der Waals surface area (Å²) in [6.07, 6.45) is -1.23. The van der Waals surface area contributed by atoms with E-state index in [9.17, 15) is 18.3 Å². The smallest absolute Gasteiger partial charge is 0.389 e. The van der Waals surface area contributed by atoms with E-state index in [2.05, 4.69) is 0 Å². The van der Waals surface area contributed by atoms with E-state index in [-0.39, 0.29) is 19.6 Å². The van der Waals surface area contributed by atoms with E-state index < -0.39 is 12.6 Å². The Balaban J connectivity index is 1.86. The van der Waals surface area contributed by atoms with Crippen molar-refractivity contribution in [3.8, 4) is 5.75 Å². The molecule has 2 nitrogen and oxygen atoms in total. The Hall–Kier alpha value is -2.27. The van der Waals surface area contributed by atoms with E-state index >= 15 is 0 Å². The van der Waals surface area contributed by atoms with Crippen LogP contribution in [0.25, 0.3) is 12.2 Å². The summed E-state index contributed by atoms with van der Waals surface area (Å²) in [6, 6.07) is 14.5. The van der Waals surface area contributed by atoms with E-state index in [1.54, 1.807) is 18.2 Å². The predicted molar refractivity (Wildman–Crippen MR) is 87.0 cm³/mol. The lowest BCUT2D eigenvalue weighted by Gasteiger charge is -2.08. The molecule has 1 radical (unpaired) electrons. The fourth-order valence-corrected chi connectivity index (χ4v) is 2.12. The minimum atomic E-state index is -4.14. The van der Waals surface area contributed by atoms with E-state index in [1.807, 2.05) is 42.5 Å². The molecule has 0 aliphatic rings. The Morgan fingerprint density at radius 3 is 2.33 bits per heavy atom. The van der Waals surface area contributed by atoms with Gasteiger partial charge in [-0.25, -0.2) is 5.11 Å². The summed E-state index contributed by atoms with van der Waals surface area (Å²) in [4.78, 5) is 0. The molecule has 2 aromatic carbocycles. The second-order valence-electron chi connectivity index (χ2n) is 5.36. The summed E-state index contributed by atoms with van der Waals surface area (Å²) in [5, 5.41) is 10.9. The topological polar surface area (TPSA) is 29.1 Å². The van der Waals surface area contributed by atoms with Gasteiger partial charge in [0, 0.05) is 6.42 Å². The molecule has 2 rings (SSSR count). The van der Waals surface area contributed by atoms with Crippen molar-refractivity contribution in [1.29, 1.82) is 0 Å². The van der Waals surface area contributed by atoms with Crippen LogP contribution in [0.5, 0.6) is 5.75 Å². The van der Waals surface area contributed by atoms with Gasteiger partial charge in [-0.15, -0.1) is 0 Å². The number of benzene rings is 2. The van der Waals surface area contributed by atoms with E-state index in [4.69, 9.17) is 4.74 Å². The highest BCUT2D eigenvalue weighted by molar-refractivity contribution is 5.70. The Morgan fingerprint density at radius 2 is 1.67 bits per heavy atom. The monoisotopic (exact) mass is 335 g/mol. The van der Waals surface area contributed by atoms with Gasteiger partial charge in [-0.05, 0) is 41.3 Å². The summed E-state index contributed by atoms with van der Waals surface area (Å²) in [7, 11) is 0. The van der Waals surface area contributed by atoms with Gasteiger partial charge in [-0.2, -0.15) is 13.2 Å². The average Bonchev–Trinajstić information content (AvgIpc) is 2.57. The van der Waals surface area contributed by atoms with Crippen molar-refractivity contribution in [1.82, 2.24) is 0 Å². The van der Waals surface area contributed by atoms with Gasteiger partial charge in [0.15, 0.2) is 0 Å². The number of hydrogen-bond donors (Lipinski definition) is 0. The zero-order chi connectivity index (χ0) is 17.4. The van der Waals surface area contributed by atoms with Crippen molar-refractivity contribution in [3.63, 3.8) is 0 Å². The number of halogens is 3. The summed E-state index contributed by atoms with van der Waals surface area (Å²) < 4.78 is 41.4. The van der Waals surface area contributed by atoms with Crippen molar-refractivity contribution in [2.45, 2.75) is 25.6 Å². The van der Waals surface area contributed by atoms with Crippen molar-refractivity contribution >= 4 is 12.2 Å². The lowest BCUT2D eigenvalue weighted by Crippen LogP contribution is -2.09. The van der Waals surface area contributed by atoms with Gasteiger partial charge in [0.05, 0.1) is 6.61 Å². The molecule has 0 aromatic heterocycles. The largest absolute Gasteiger partial charge is 0.494 e. The number of rotatable bonds is 7. The minimum absolute atomic E-state index is 0.0384. The first kappa shape index (κ1) is 18.1. The van der Waals surface area contributed by atoms with Crippen LogP contribution in [0.1, 0.15) is 29.5 Å². The van der Waals surface area contributed by atoms with Crippen LogP contribution in [-0.4, -0.2) is 12.8 Å². The van der Waals surface area contributed by atoms with Crippen LogP contribution in [0, 0.1) is 0 Å². The molecule has 0 fully saturated rings. The zero-order valence-corrected chi connectivity index (χ0v) is 13.1. The number of alkyl halides is 3. The molecule has 0 saturated heterocycles. The molecule has 2 aromatic rings. The molecule has 0 atom stereocenters. The molecule has 0 heterocycles. The van der Waals surface area contributed by atoms with Crippen molar-refractivity contribution < 1.29 is 23.0 Å². The normalized spacial score (nSPS) is 11.8. The van der Waals surface area contributed by atoms with Crippen LogP contribution in [0.2, 0.25) is 0 Å². The van der Waals surface area contributed by atoms with Crippen LogP contribution >= 0.6 is 0 Å². The summed E-state index contributed by atoms with van der Waals surface area (Å²) >= 11 is 0. The first-order chi connectivity index (χ1) is 11.5. The first-order valence-corrected chi connectivity index (χ1v) is 7.61. The van der Waals surface area contributed by atoms with Gasteiger partial charge in [0.25, 0.3) is 0 Å². The molecule has 24 heavy (non-hydrogen) atoms. The second kappa shape index (κ2) is 8.55. The van der Waals surface area contributed by atoms with Gasteiger partial charge in [-0.1, -0.05) is 42.5 Å². The third-order valence-electron chi connectivity index (χ3n) is 3.34. The van der Waals surface area contributed by atoms with Crippen molar-refractivity contribution in [2.24, 2.45) is 0 Å². The molecule has 0 aliphatic carbocycles. The third-order valence-corrected chi connectivity index (χ3v) is 3.34. The molecule has 0 aliphatic heterocycles. The van der Waals surface area contributed by atoms with Crippen LogP contribution in [0.4, 0.5) is 13.2 Å². The highest BCUT2D eigenvalue weighted by Crippen LogP contribution is 2.22. The Kier molecular flexibility index (Phi) is 6.44. The highest BCUT2D eigenvalue weighted by Gasteiger charge is 2.26. The molecular formula is C19H18F3O2. The van der Waals surface area contributed by atoms with Crippen LogP contribution in [0.3, 0.4) is 0 Å². The maximum atomic E-state index is 12.0. The Labute approximate surface area is 139 Å². The van der Waals surface area contributed by atoms with E-state index in [1.165, 1.54) is 0 Å². The van der Waals surface area contributed by atoms with Crippen LogP contribution in [-0.2, 0) is 11.7 Å². The van der Waals surface area contributed by atoms with Crippen molar-refractivity contribution in [3.05, 3.63) is 65.2 Å². The van der Waals surface area contributed by atoms with Crippen molar-refractivity contribution in [2.75, 3.05) is 6.61 Å². The molecule has 0 N–H and O–H groups in total. The fourth-order valence-electron chi connectivity index (χ4n) is 2.12. The summed E-state index contributed by atoms with van der Waals surface area (Å²) in [5.74, 6) is 0.544. The molecule has 0 saturated carbocycles. The SMILES string of the molecule is [O]Cc1cccc(C=Cc2ccc(OCCCC(F)(F)F)cc2)c1. The lowest BCUT2D eigenvalue weighted by atomic mass is 10.1. The van der Waals surface area contributed by atoms with Gasteiger partial charge in [-0.3, -0.25) is 0 Å². The number of hydrogen-bond acceptors (Lipinski definition) is 1. The molecule has 0 amide bonds. The second-order valence-corrected chi connectivity index (χ2v) is 5.36. The van der Waals surface area contributed by atoms with Gasteiger partial charge < -0.3 is 4.74 Å². The first-order valence-electron chi connectivity index (χ1n) is 7.61. The molecule has 0 unspecified atom stereocenters. The maximum Gasteiger partial charge on any atom is 0.389 e. The predicted octanol–water partition coefficient (Wildman–Crippen LogP) is 5.51. The quantitative estimate of drug-likeness (QED) is 0.484. The molecule has 0 spiro atoms. The lowest BCUT2D eigenvalue weighted by molar-refractivity contribution is -0.136. The maximum absolute atomic E-state index is 12.0. The molecule has 127 valence electrons. The summed E-state index contributed by atoms with van der Waals surface area (Å²) in [5.41, 5.74) is 2.61. The summed E-state index contributed by atoms with van der Waals surface area (Å²) in [6.45, 7) is -0.210. The average molecular weight is 335 g/mol. The Morgan fingerprint density at radius 1 is 0.958 bits per heavy atom. The molecule has 5 heteroatoms. The van der Waals surface area contributed by atoms with E-state index in [0.29, 0.717) is 5.75 Å².